The van der Waals surface area contributed by atoms with E-state index < -0.39 is 30.8 Å². The van der Waals surface area contributed by atoms with Gasteiger partial charge in [-0.05, 0) is 17.7 Å². The summed E-state index contributed by atoms with van der Waals surface area (Å²) in [6, 6.07) is 13.9. The van der Waals surface area contributed by atoms with Crippen LogP contribution in [0.25, 0.3) is 0 Å². The van der Waals surface area contributed by atoms with Crippen molar-refractivity contribution in [2.75, 3.05) is 6.61 Å². The number of primary amides is 1. The number of carbonyl (C=O) groups is 2. The molecule has 8 heteroatoms. The molecule has 0 aliphatic carbocycles. The molecule has 0 aliphatic rings. The third kappa shape index (κ3) is 5.89. The van der Waals surface area contributed by atoms with Crippen LogP contribution < -0.4 is 5.73 Å². The van der Waals surface area contributed by atoms with Crippen LogP contribution in [-0.4, -0.2) is 24.7 Å². The Kier molecular flexibility index (Phi) is 6.35. The van der Waals surface area contributed by atoms with Gasteiger partial charge in [0.25, 0.3) is 5.91 Å². The van der Waals surface area contributed by atoms with Crippen LogP contribution in [0.5, 0.6) is 0 Å². The summed E-state index contributed by atoms with van der Waals surface area (Å²) in [7, 11) is 0. The Labute approximate surface area is 147 Å². The second-order valence-corrected chi connectivity index (χ2v) is 5.40. The number of hydrogen-bond donors (Lipinski definition) is 1. The molecule has 1 atom stereocenters. The minimum absolute atomic E-state index is 0.131. The van der Waals surface area contributed by atoms with Gasteiger partial charge in [0.1, 0.15) is 6.61 Å². The molecule has 0 bridgehead atoms. The quantitative estimate of drug-likeness (QED) is 0.763. The zero-order chi connectivity index (χ0) is 19.2. The van der Waals surface area contributed by atoms with Crippen LogP contribution in [0.2, 0.25) is 0 Å². The Bertz CT molecular complexity index is 745. The standard InChI is InChI=1S/C18H16F3NO4/c19-18(20,21)11-25-10-12-6-8-14(9-7-12)17(24)26-15(16(22)23)13-4-2-1-3-5-13/h1-9,15H,10-11H2,(H2,22,23)/t15-/m0/s1. The van der Waals surface area contributed by atoms with Crippen LogP contribution in [0.15, 0.2) is 54.6 Å². The van der Waals surface area contributed by atoms with Gasteiger partial charge in [0.05, 0.1) is 12.2 Å². The summed E-state index contributed by atoms with van der Waals surface area (Å²) in [4.78, 5) is 23.7. The smallest absolute Gasteiger partial charge is 0.411 e. The Hall–Kier alpha value is -2.87. The van der Waals surface area contributed by atoms with Crippen molar-refractivity contribution in [2.24, 2.45) is 5.73 Å². The van der Waals surface area contributed by atoms with Gasteiger partial charge < -0.3 is 15.2 Å². The minimum atomic E-state index is -4.40. The van der Waals surface area contributed by atoms with E-state index >= 15 is 0 Å². The fourth-order valence-electron chi connectivity index (χ4n) is 2.11. The van der Waals surface area contributed by atoms with Crippen molar-refractivity contribution >= 4 is 11.9 Å². The molecule has 0 aromatic heterocycles. The SMILES string of the molecule is NC(=O)[C@@H](OC(=O)c1ccc(COCC(F)(F)F)cc1)c1ccccc1. The molecule has 2 N–H and O–H groups in total. The highest BCUT2D eigenvalue weighted by Gasteiger charge is 2.27. The molecule has 0 heterocycles. The third-order valence-electron chi connectivity index (χ3n) is 3.31. The largest absolute Gasteiger partial charge is 0.444 e. The Morgan fingerprint density at radius 1 is 1.00 bits per heavy atom. The fourth-order valence-corrected chi connectivity index (χ4v) is 2.11. The summed E-state index contributed by atoms with van der Waals surface area (Å²) in [6.45, 7) is -1.60. The number of benzene rings is 2. The minimum Gasteiger partial charge on any atom is -0.444 e. The summed E-state index contributed by atoms with van der Waals surface area (Å²) >= 11 is 0. The van der Waals surface area contributed by atoms with E-state index in [1.54, 1.807) is 30.3 Å². The number of esters is 1. The molecule has 1 amide bonds. The molecule has 0 fully saturated rings. The molecule has 2 rings (SSSR count). The lowest BCUT2D eigenvalue weighted by molar-refractivity contribution is -0.176. The van der Waals surface area contributed by atoms with Crippen LogP contribution in [-0.2, 0) is 20.9 Å². The number of carbonyl (C=O) groups excluding carboxylic acids is 2. The maximum Gasteiger partial charge on any atom is 0.411 e. The number of halogens is 3. The van der Waals surface area contributed by atoms with Crippen LogP contribution in [0.3, 0.4) is 0 Å². The lowest BCUT2D eigenvalue weighted by Gasteiger charge is -2.15. The number of hydrogen-bond acceptors (Lipinski definition) is 4. The first-order chi connectivity index (χ1) is 12.3. The highest BCUT2D eigenvalue weighted by molar-refractivity contribution is 5.92. The van der Waals surface area contributed by atoms with Gasteiger partial charge in [-0.15, -0.1) is 0 Å². The second kappa shape index (κ2) is 8.48. The van der Waals surface area contributed by atoms with Crippen molar-refractivity contribution in [1.29, 1.82) is 0 Å². The first kappa shape index (κ1) is 19.5. The van der Waals surface area contributed by atoms with Crippen LogP contribution in [0, 0.1) is 0 Å². The van der Waals surface area contributed by atoms with E-state index in [-0.39, 0.29) is 12.2 Å². The summed E-state index contributed by atoms with van der Waals surface area (Å²) in [5.74, 6) is -1.60. The molecule has 2 aromatic rings. The van der Waals surface area contributed by atoms with Crippen LogP contribution >= 0.6 is 0 Å². The normalized spacial score (nSPS) is 12.4. The van der Waals surface area contributed by atoms with Gasteiger partial charge in [0.2, 0.25) is 6.10 Å². The predicted molar refractivity (Wildman–Crippen MR) is 85.9 cm³/mol. The molecule has 0 saturated carbocycles. The van der Waals surface area contributed by atoms with Gasteiger partial charge >= 0.3 is 12.1 Å². The Morgan fingerprint density at radius 3 is 2.15 bits per heavy atom. The average Bonchev–Trinajstić information content (AvgIpc) is 2.59. The maximum atomic E-state index is 12.2. The Morgan fingerprint density at radius 2 is 1.62 bits per heavy atom. The average molecular weight is 367 g/mol. The molecular weight excluding hydrogens is 351 g/mol. The highest BCUT2D eigenvalue weighted by atomic mass is 19.4. The van der Waals surface area contributed by atoms with Crippen LogP contribution in [0.4, 0.5) is 13.2 Å². The van der Waals surface area contributed by atoms with Crippen molar-refractivity contribution in [3.63, 3.8) is 0 Å². The summed E-state index contributed by atoms with van der Waals surface area (Å²) in [5.41, 5.74) is 6.31. The third-order valence-corrected chi connectivity index (χ3v) is 3.31. The number of ether oxygens (including phenoxy) is 2. The second-order valence-electron chi connectivity index (χ2n) is 5.40. The first-order valence-corrected chi connectivity index (χ1v) is 7.55. The van der Waals surface area contributed by atoms with Gasteiger partial charge in [-0.25, -0.2) is 4.79 Å². The monoisotopic (exact) mass is 367 g/mol. The van der Waals surface area contributed by atoms with E-state index in [4.69, 9.17) is 10.5 Å². The molecule has 0 saturated heterocycles. The summed E-state index contributed by atoms with van der Waals surface area (Å²) in [5, 5.41) is 0. The Balaban J connectivity index is 1.99. The number of amides is 1. The van der Waals surface area contributed by atoms with E-state index in [9.17, 15) is 22.8 Å². The molecule has 26 heavy (non-hydrogen) atoms. The topological polar surface area (TPSA) is 78.6 Å². The fraction of sp³-hybridized carbons (Fsp3) is 0.222. The summed E-state index contributed by atoms with van der Waals surface area (Å²) < 4.78 is 45.8. The molecule has 0 aliphatic heterocycles. The van der Waals surface area contributed by atoms with Gasteiger partial charge in [0.15, 0.2) is 0 Å². The van der Waals surface area contributed by atoms with E-state index in [2.05, 4.69) is 4.74 Å². The van der Waals surface area contributed by atoms with Gasteiger partial charge in [-0.1, -0.05) is 42.5 Å². The number of nitrogens with two attached hydrogens (primary N) is 1. The lowest BCUT2D eigenvalue weighted by atomic mass is 10.1. The molecule has 0 radical (unpaired) electrons. The molecular formula is C18H16F3NO4. The van der Waals surface area contributed by atoms with Gasteiger partial charge in [-0.3, -0.25) is 4.79 Å². The number of alkyl halides is 3. The summed E-state index contributed by atoms with van der Waals surface area (Å²) in [6.07, 6.45) is -5.64. The van der Waals surface area contributed by atoms with Gasteiger partial charge in [-0.2, -0.15) is 13.2 Å². The molecule has 138 valence electrons. The van der Waals surface area contributed by atoms with E-state index in [1.807, 2.05) is 0 Å². The van der Waals surface area contributed by atoms with Crippen molar-refractivity contribution in [3.05, 3.63) is 71.3 Å². The van der Waals surface area contributed by atoms with Crippen molar-refractivity contribution in [2.45, 2.75) is 18.9 Å². The van der Waals surface area contributed by atoms with Gasteiger partial charge in [0, 0.05) is 5.56 Å². The maximum absolute atomic E-state index is 12.2. The van der Waals surface area contributed by atoms with Crippen LogP contribution in [0.1, 0.15) is 27.6 Å². The number of rotatable bonds is 7. The van der Waals surface area contributed by atoms with E-state index in [0.29, 0.717) is 11.1 Å². The predicted octanol–water partition coefficient (Wildman–Crippen LogP) is 3.15. The zero-order valence-corrected chi connectivity index (χ0v) is 13.5. The molecule has 0 spiro atoms. The highest BCUT2D eigenvalue weighted by Crippen LogP contribution is 2.20. The van der Waals surface area contributed by atoms with E-state index in [1.165, 1.54) is 24.3 Å². The zero-order valence-electron chi connectivity index (χ0n) is 13.5. The molecule has 0 unspecified atom stereocenters. The first-order valence-electron chi connectivity index (χ1n) is 7.55. The van der Waals surface area contributed by atoms with Crippen molar-refractivity contribution in [1.82, 2.24) is 0 Å². The molecule has 5 nitrogen and oxygen atoms in total. The van der Waals surface area contributed by atoms with E-state index in [0.717, 1.165) is 0 Å². The lowest BCUT2D eigenvalue weighted by Crippen LogP contribution is -2.26. The molecule has 2 aromatic carbocycles. The van der Waals surface area contributed by atoms with Crippen molar-refractivity contribution < 1.29 is 32.2 Å². The van der Waals surface area contributed by atoms with Crippen molar-refractivity contribution in [3.8, 4) is 0 Å².